The standard InChI is InChI=1S/C21H17BrN2O6/c22-13-3-1-12(2-4-13)20(27)14-9-17-18(30-8-7-29-17)10-15(14)23-16-11-19(26)24(5-6-25)21(16)28/h1-4,9-11,23,25H,5-8H2. The first kappa shape index (κ1) is 20.1. The Hall–Kier alpha value is -3.17. The van der Waals surface area contributed by atoms with Crippen molar-refractivity contribution in [2.24, 2.45) is 0 Å². The number of ketones is 1. The highest BCUT2D eigenvalue weighted by Gasteiger charge is 2.32. The summed E-state index contributed by atoms with van der Waals surface area (Å²) in [5.41, 5.74) is 1.03. The van der Waals surface area contributed by atoms with Crippen molar-refractivity contribution in [3.63, 3.8) is 0 Å². The minimum absolute atomic E-state index is 0.00924. The number of halogens is 1. The van der Waals surface area contributed by atoms with Gasteiger partial charge in [-0.25, -0.2) is 0 Å². The number of aliphatic hydroxyl groups excluding tert-OH is 1. The molecule has 0 fully saturated rings. The van der Waals surface area contributed by atoms with E-state index in [1.807, 2.05) is 0 Å². The number of anilines is 1. The first-order chi connectivity index (χ1) is 14.5. The number of β-amino-alcohol motifs (C(OH)–C–C–N with tert-alkyl or cyclic N) is 1. The SMILES string of the molecule is O=C(c1ccc(Br)cc1)c1cc2c(cc1NC1=CC(=O)N(CCO)C1=O)OCCO2. The summed E-state index contributed by atoms with van der Waals surface area (Å²) in [6.45, 7) is 0.276. The zero-order valence-corrected chi connectivity index (χ0v) is 17.3. The molecule has 2 aromatic carbocycles. The Labute approximate surface area is 180 Å². The van der Waals surface area contributed by atoms with Gasteiger partial charge >= 0.3 is 0 Å². The first-order valence-electron chi connectivity index (χ1n) is 9.17. The molecule has 2 aliphatic heterocycles. The molecule has 0 atom stereocenters. The average molecular weight is 473 g/mol. The number of rotatable bonds is 6. The number of carbonyl (C=O) groups excluding carboxylic acids is 3. The van der Waals surface area contributed by atoms with Crippen LogP contribution in [0.4, 0.5) is 5.69 Å². The highest BCUT2D eigenvalue weighted by Crippen LogP contribution is 2.37. The number of carbonyl (C=O) groups is 3. The summed E-state index contributed by atoms with van der Waals surface area (Å²) in [4.78, 5) is 38.7. The van der Waals surface area contributed by atoms with Crippen LogP contribution in [0.15, 0.2) is 52.6 Å². The fraction of sp³-hybridized carbons (Fsp3) is 0.190. The zero-order chi connectivity index (χ0) is 21.3. The number of hydrogen-bond acceptors (Lipinski definition) is 7. The zero-order valence-electron chi connectivity index (χ0n) is 15.7. The van der Waals surface area contributed by atoms with E-state index in [-0.39, 0.29) is 30.2 Å². The molecule has 2 amide bonds. The lowest BCUT2D eigenvalue weighted by Crippen LogP contribution is -2.34. The molecule has 0 radical (unpaired) electrons. The van der Waals surface area contributed by atoms with Gasteiger partial charge < -0.3 is 19.9 Å². The van der Waals surface area contributed by atoms with Crippen molar-refractivity contribution < 1.29 is 29.0 Å². The monoisotopic (exact) mass is 472 g/mol. The number of nitrogens with zero attached hydrogens (tertiary/aromatic N) is 1. The fourth-order valence-electron chi connectivity index (χ4n) is 3.19. The Morgan fingerprint density at radius 2 is 1.77 bits per heavy atom. The molecule has 2 aliphatic rings. The van der Waals surface area contributed by atoms with Crippen molar-refractivity contribution >= 4 is 39.2 Å². The summed E-state index contributed by atoms with van der Waals surface area (Å²) in [6.07, 6.45) is 1.14. The average Bonchev–Trinajstić information content (AvgIpc) is 3.01. The van der Waals surface area contributed by atoms with Crippen molar-refractivity contribution in [2.45, 2.75) is 0 Å². The topological polar surface area (TPSA) is 105 Å². The summed E-state index contributed by atoms with van der Waals surface area (Å²) < 4.78 is 12.0. The maximum absolute atomic E-state index is 13.2. The van der Waals surface area contributed by atoms with Gasteiger partial charge in [0.15, 0.2) is 17.3 Å². The summed E-state index contributed by atoms with van der Waals surface area (Å²) in [7, 11) is 0. The minimum Gasteiger partial charge on any atom is -0.486 e. The smallest absolute Gasteiger partial charge is 0.277 e. The third kappa shape index (κ3) is 3.81. The van der Waals surface area contributed by atoms with E-state index in [2.05, 4.69) is 21.2 Å². The molecule has 0 bridgehead atoms. The predicted molar refractivity (Wildman–Crippen MR) is 111 cm³/mol. The predicted octanol–water partition coefficient (Wildman–Crippen LogP) is 2.11. The lowest BCUT2D eigenvalue weighted by molar-refractivity contribution is -0.137. The number of aliphatic hydroxyl groups is 1. The number of hydrogen-bond donors (Lipinski definition) is 2. The molecule has 0 aliphatic carbocycles. The van der Waals surface area contributed by atoms with Crippen LogP contribution in [-0.2, 0) is 9.59 Å². The van der Waals surface area contributed by atoms with Crippen molar-refractivity contribution in [3.05, 3.63) is 63.8 Å². The van der Waals surface area contributed by atoms with E-state index in [0.29, 0.717) is 36.0 Å². The second kappa shape index (κ2) is 8.29. The van der Waals surface area contributed by atoms with Gasteiger partial charge in [0.1, 0.15) is 18.9 Å². The van der Waals surface area contributed by atoms with Crippen molar-refractivity contribution in [1.29, 1.82) is 0 Å². The highest BCUT2D eigenvalue weighted by molar-refractivity contribution is 9.10. The molecule has 0 spiro atoms. The molecule has 30 heavy (non-hydrogen) atoms. The van der Waals surface area contributed by atoms with E-state index in [9.17, 15) is 14.4 Å². The second-order valence-electron chi connectivity index (χ2n) is 6.58. The van der Waals surface area contributed by atoms with Crippen LogP contribution >= 0.6 is 15.9 Å². The molecule has 4 rings (SSSR count). The van der Waals surface area contributed by atoms with Crippen LogP contribution in [0.25, 0.3) is 0 Å². The van der Waals surface area contributed by atoms with Gasteiger partial charge in [0.05, 0.1) is 18.8 Å². The van der Waals surface area contributed by atoms with Crippen LogP contribution in [0.1, 0.15) is 15.9 Å². The lowest BCUT2D eigenvalue weighted by atomic mass is 10.0. The van der Waals surface area contributed by atoms with E-state index in [0.717, 1.165) is 15.4 Å². The van der Waals surface area contributed by atoms with Gasteiger partial charge in [-0.15, -0.1) is 0 Å². The number of nitrogens with one attached hydrogen (secondary N) is 1. The van der Waals surface area contributed by atoms with Crippen LogP contribution in [0.2, 0.25) is 0 Å². The molecule has 0 unspecified atom stereocenters. The summed E-state index contributed by atoms with van der Waals surface area (Å²) >= 11 is 3.34. The van der Waals surface area contributed by atoms with Crippen LogP contribution < -0.4 is 14.8 Å². The molecule has 2 heterocycles. The van der Waals surface area contributed by atoms with Crippen molar-refractivity contribution in [1.82, 2.24) is 4.90 Å². The van der Waals surface area contributed by atoms with E-state index < -0.39 is 11.8 Å². The number of imide groups is 1. The normalized spacial score (nSPS) is 15.3. The summed E-state index contributed by atoms with van der Waals surface area (Å²) in [5, 5.41) is 12.0. The summed E-state index contributed by atoms with van der Waals surface area (Å²) in [5.74, 6) is -0.537. The van der Waals surface area contributed by atoms with Crippen LogP contribution in [0.5, 0.6) is 11.5 Å². The van der Waals surface area contributed by atoms with Crippen LogP contribution in [0, 0.1) is 0 Å². The molecule has 0 saturated heterocycles. The molecule has 0 saturated carbocycles. The fourth-order valence-corrected chi connectivity index (χ4v) is 3.46. The Bertz CT molecular complexity index is 1060. The minimum atomic E-state index is -0.578. The third-order valence-corrected chi connectivity index (χ3v) is 5.16. The third-order valence-electron chi connectivity index (χ3n) is 4.64. The van der Waals surface area contributed by atoms with Crippen LogP contribution in [0.3, 0.4) is 0 Å². The molecule has 0 aromatic heterocycles. The van der Waals surface area contributed by atoms with E-state index in [1.54, 1.807) is 36.4 Å². The number of ether oxygens (including phenoxy) is 2. The summed E-state index contributed by atoms with van der Waals surface area (Å²) in [6, 6.07) is 10.0. The molecular formula is C21H17BrN2O6. The highest BCUT2D eigenvalue weighted by atomic mass is 79.9. The number of amides is 2. The van der Waals surface area contributed by atoms with Gasteiger partial charge in [0, 0.05) is 27.7 Å². The van der Waals surface area contributed by atoms with E-state index in [4.69, 9.17) is 14.6 Å². The van der Waals surface area contributed by atoms with Gasteiger partial charge in [-0.3, -0.25) is 19.3 Å². The number of fused-ring (bicyclic) bond motifs is 1. The Morgan fingerprint density at radius 1 is 1.10 bits per heavy atom. The second-order valence-corrected chi connectivity index (χ2v) is 7.49. The lowest BCUT2D eigenvalue weighted by Gasteiger charge is -2.21. The Balaban J connectivity index is 1.72. The van der Waals surface area contributed by atoms with E-state index in [1.165, 1.54) is 0 Å². The van der Waals surface area contributed by atoms with Gasteiger partial charge in [0.25, 0.3) is 11.8 Å². The molecule has 8 nitrogen and oxygen atoms in total. The molecule has 2 N–H and O–H groups in total. The molecule has 9 heteroatoms. The van der Waals surface area contributed by atoms with Gasteiger partial charge in [-0.1, -0.05) is 15.9 Å². The maximum Gasteiger partial charge on any atom is 0.277 e. The van der Waals surface area contributed by atoms with Crippen molar-refractivity contribution in [3.8, 4) is 11.5 Å². The first-order valence-corrected chi connectivity index (χ1v) is 9.96. The number of benzene rings is 2. The maximum atomic E-state index is 13.2. The van der Waals surface area contributed by atoms with E-state index >= 15 is 0 Å². The molecule has 154 valence electrons. The van der Waals surface area contributed by atoms with Crippen LogP contribution in [-0.4, -0.2) is 54.0 Å². The largest absolute Gasteiger partial charge is 0.486 e. The quantitative estimate of drug-likeness (QED) is 0.489. The Kier molecular flexibility index (Phi) is 5.56. The van der Waals surface area contributed by atoms with Gasteiger partial charge in [-0.05, 0) is 30.3 Å². The molecule has 2 aromatic rings. The molecular weight excluding hydrogens is 456 g/mol. The van der Waals surface area contributed by atoms with Crippen molar-refractivity contribution in [2.75, 3.05) is 31.7 Å². The Morgan fingerprint density at radius 3 is 2.43 bits per heavy atom. The van der Waals surface area contributed by atoms with Gasteiger partial charge in [0.2, 0.25) is 0 Å². The van der Waals surface area contributed by atoms with Gasteiger partial charge in [-0.2, -0.15) is 0 Å².